The minimum absolute atomic E-state index is 0.132. The van der Waals surface area contributed by atoms with E-state index in [4.69, 9.17) is 58.0 Å². The molecule has 3 aromatic rings. The lowest BCUT2D eigenvalue weighted by molar-refractivity contribution is -0.117. The number of carbonyl (C=O) groups excluding carboxylic acids is 2. The number of halogens is 6. The molecule has 35 heavy (non-hydrogen) atoms. The van der Waals surface area contributed by atoms with Crippen LogP contribution in [0.4, 0.5) is 10.1 Å². The highest BCUT2D eigenvalue weighted by molar-refractivity contribution is 6.53. The summed E-state index contributed by atoms with van der Waals surface area (Å²) in [4.78, 5) is 25.5. The molecule has 0 heterocycles. The van der Waals surface area contributed by atoms with Crippen molar-refractivity contribution in [3.63, 3.8) is 0 Å². The molecule has 3 aromatic carbocycles. The molecule has 0 bridgehead atoms. The first-order valence-corrected chi connectivity index (χ1v) is 12.2. The van der Waals surface area contributed by atoms with Crippen LogP contribution >= 0.6 is 58.0 Å². The Balaban J connectivity index is 1.41. The van der Waals surface area contributed by atoms with Crippen LogP contribution in [0.15, 0.2) is 60.7 Å². The molecule has 0 radical (unpaired) electrons. The van der Waals surface area contributed by atoms with E-state index >= 15 is 0 Å². The first-order valence-electron chi connectivity index (χ1n) is 10.3. The van der Waals surface area contributed by atoms with E-state index in [1.54, 1.807) is 36.4 Å². The van der Waals surface area contributed by atoms with Gasteiger partial charge in [0.1, 0.15) is 10.2 Å². The summed E-state index contributed by atoms with van der Waals surface area (Å²) in [5, 5.41) is 3.73. The molecule has 0 aliphatic heterocycles. The number of alkyl halides is 2. The van der Waals surface area contributed by atoms with Crippen LogP contribution in [-0.2, 0) is 11.3 Å². The molecule has 0 spiro atoms. The molecule has 0 saturated heterocycles. The van der Waals surface area contributed by atoms with E-state index in [9.17, 15) is 14.0 Å². The van der Waals surface area contributed by atoms with Gasteiger partial charge in [0.25, 0.3) is 5.91 Å². The number of hydrogen-bond donors (Lipinski definition) is 3. The summed E-state index contributed by atoms with van der Waals surface area (Å²) >= 11 is 31.1. The maximum atomic E-state index is 13.0. The van der Waals surface area contributed by atoms with Crippen molar-refractivity contribution in [1.29, 1.82) is 0 Å². The summed E-state index contributed by atoms with van der Waals surface area (Å²) in [5.41, 5.74) is 7.16. The predicted octanol–water partition coefficient (Wildman–Crippen LogP) is 6.75. The number of rotatable bonds is 7. The van der Waals surface area contributed by atoms with E-state index in [-0.39, 0.29) is 22.9 Å². The third-order valence-corrected chi connectivity index (χ3v) is 7.17. The number of hydrogen-bond acceptors (Lipinski definition) is 3. The molecule has 5 nitrogen and oxygen atoms in total. The van der Waals surface area contributed by atoms with Gasteiger partial charge in [0.05, 0.1) is 16.5 Å². The van der Waals surface area contributed by atoms with Crippen molar-refractivity contribution in [1.82, 2.24) is 10.9 Å². The highest BCUT2D eigenvalue weighted by atomic mass is 35.5. The summed E-state index contributed by atoms with van der Waals surface area (Å²) in [7, 11) is 0. The van der Waals surface area contributed by atoms with Crippen LogP contribution in [0.1, 0.15) is 27.4 Å². The van der Waals surface area contributed by atoms with E-state index in [1.165, 1.54) is 24.3 Å². The van der Waals surface area contributed by atoms with E-state index in [2.05, 4.69) is 16.2 Å². The average Bonchev–Trinajstić information content (AvgIpc) is 3.37. The lowest BCUT2D eigenvalue weighted by atomic mass is 10.1. The molecule has 0 aromatic heterocycles. The van der Waals surface area contributed by atoms with Crippen LogP contribution in [0.3, 0.4) is 0 Å². The monoisotopic (exact) mass is 573 g/mol. The van der Waals surface area contributed by atoms with Crippen molar-refractivity contribution in [3.8, 4) is 0 Å². The second-order valence-corrected chi connectivity index (χ2v) is 10.7. The molecular weight excluding hydrogens is 559 g/mol. The van der Waals surface area contributed by atoms with Gasteiger partial charge in [-0.25, -0.2) is 9.82 Å². The zero-order chi connectivity index (χ0) is 25.3. The van der Waals surface area contributed by atoms with Gasteiger partial charge < -0.3 is 5.32 Å². The predicted molar refractivity (Wildman–Crippen MR) is 138 cm³/mol. The normalized spacial score (nSPS) is 18.1. The standard InChI is InChI=1S/C24H17Cl5FN3O2/c25-14-7-13(8-15(26)9-14)20-21(24(20,28)29)23(35)32-17-5-6-19(27)18(10-17)22(34)33-31-11-12-1-3-16(30)4-2-12/h1-10,20-21,31H,11H2,(H,32,35)(H,33,34)/t20-,21+/m0/s1. The number of anilines is 1. The van der Waals surface area contributed by atoms with Crippen LogP contribution in [0, 0.1) is 11.7 Å². The Labute approximate surface area is 225 Å². The number of carbonyl (C=O) groups is 2. The average molecular weight is 576 g/mol. The fourth-order valence-corrected chi connectivity index (χ4v) is 5.29. The molecule has 3 N–H and O–H groups in total. The van der Waals surface area contributed by atoms with E-state index in [0.717, 1.165) is 5.56 Å². The highest BCUT2D eigenvalue weighted by Crippen LogP contribution is 2.65. The van der Waals surface area contributed by atoms with Gasteiger partial charge in [-0.05, 0) is 59.7 Å². The summed E-state index contributed by atoms with van der Waals surface area (Å²) < 4.78 is 11.7. The highest BCUT2D eigenvalue weighted by Gasteiger charge is 2.67. The summed E-state index contributed by atoms with van der Waals surface area (Å²) in [6, 6.07) is 15.2. The van der Waals surface area contributed by atoms with E-state index < -0.39 is 28.0 Å². The second kappa shape index (κ2) is 10.5. The van der Waals surface area contributed by atoms with Gasteiger partial charge in [-0.1, -0.05) is 46.9 Å². The molecule has 182 valence electrons. The smallest absolute Gasteiger partial charge is 0.266 e. The van der Waals surface area contributed by atoms with Crippen molar-refractivity contribution in [2.24, 2.45) is 5.92 Å². The Morgan fingerprint density at radius 3 is 2.23 bits per heavy atom. The van der Waals surface area contributed by atoms with Gasteiger partial charge in [0.15, 0.2) is 0 Å². The van der Waals surface area contributed by atoms with E-state index in [0.29, 0.717) is 21.3 Å². The third kappa shape index (κ3) is 6.02. The maximum Gasteiger partial charge on any atom is 0.266 e. The number of nitrogens with one attached hydrogen (secondary N) is 3. The molecule has 11 heteroatoms. The summed E-state index contributed by atoms with van der Waals surface area (Å²) in [6.45, 7) is 0.268. The van der Waals surface area contributed by atoms with Gasteiger partial charge >= 0.3 is 0 Å². The molecule has 0 unspecified atom stereocenters. The maximum absolute atomic E-state index is 13.0. The van der Waals surface area contributed by atoms with Crippen molar-refractivity contribution in [2.45, 2.75) is 16.8 Å². The molecular formula is C24H17Cl5FN3O2. The van der Waals surface area contributed by atoms with Gasteiger partial charge in [-0.2, -0.15) is 0 Å². The number of hydrazine groups is 1. The van der Waals surface area contributed by atoms with Crippen LogP contribution in [0.2, 0.25) is 15.1 Å². The largest absolute Gasteiger partial charge is 0.326 e. The molecule has 2 atom stereocenters. The van der Waals surface area contributed by atoms with Crippen LogP contribution in [-0.4, -0.2) is 16.1 Å². The molecule has 4 rings (SSSR count). The van der Waals surface area contributed by atoms with Gasteiger partial charge in [0.2, 0.25) is 5.91 Å². The van der Waals surface area contributed by atoms with Gasteiger partial charge in [0, 0.05) is 28.2 Å². The fraction of sp³-hybridized carbons (Fsp3) is 0.167. The molecule has 1 fully saturated rings. The minimum Gasteiger partial charge on any atom is -0.326 e. The summed E-state index contributed by atoms with van der Waals surface area (Å²) in [5.74, 6) is -2.56. The van der Waals surface area contributed by atoms with Gasteiger partial charge in [-0.3, -0.25) is 15.0 Å². The SMILES string of the molecule is O=C(NNCc1ccc(F)cc1)c1cc(NC(=O)[C@H]2[C@H](c3cc(Cl)cc(Cl)c3)C2(Cl)Cl)ccc1Cl. The van der Waals surface area contributed by atoms with Crippen molar-refractivity contribution in [2.75, 3.05) is 5.32 Å². The molecule has 1 aliphatic rings. The van der Waals surface area contributed by atoms with Crippen molar-refractivity contribution < 1.29 is 14.0 Å². The zero-order valence-corrected chi connectivity index (χ0v) is 21.5. The van der Waals surface area contributed by atoms with Gasteiger partial charge in [-0.15, -0.1) is 23.2 Å². The quantitative estimate of drug-likeness (QED) is 0.216. The minimum atomic E-state index is -1.34. The Morgan fingerprint density at radius 1 is 0.914 bits per heavy atom. The van der Waals surface area contributed by atoms with Crippen LogP contribution in [0.25, 0.3) is 0 Å². The fourth-order valence-electron chi connectivity index (χ4n) is 3.72. The van der Waals surface area contributed by atoms with Crippen molar-refractivity contribution >= 4 is 75.5 Å². The molecule has 1 saturated carbocycles. The summed E-state index contributed by atoms with van der Waals surface area (Å²) in [6.07, 6.45) is 0. The Kier molecular flexibility index (Phi) is 7.81. The lowest BCUT2D eigenvalue weighted by Gasteiger charge is -2.11. The second-order valence-electron chi connectivity index (χ2n) is 7.95. The van der Waals surface area contributed by atoms with Crippen molar-refractivity contribution in [3.05, 3.63) is 98.2 Å². The number of benzene rings is 3. The van der Waals surface area contributed by atoms with E-state index in [1.807, 2.05) is 0 Å². The Morgan fingerprint density at radius 2 is 1.57 bits per heavy atom. The molecule has 2 amide bonds. The number of amides is 2. The first-order chi connectivity index (χ1) is 16.6. The van der Waals surface area contributed by atoms with Crippen LogP contribution in [0.5, 0.6) is 0 Å². The lowest BCUT2D eigenvalue weighted by Crippen LogP contribution is -2.37. The first kappa shape index (κ1) is 26.0. The topological polar surface area (TPSA) is 70.2 Å². The van der Waals surface area contributed by atoms with Crippen LogP contribution < -0.4 is 16.2 Å². The zero-order valence-electron chi connectivity index (χ0n) is 17.7. The Hall–Kier alpha value is -2.06. The molecule has 1 aliphatic carbocycles. The Bertz CT molecular complexity index is 1270. The third-order valence-electron chi connectivity index (χ3n) is 5.47.